The quantitative estimate of drug-likeness (QED) is 0.449. The van der Waals surface area contributed by atoms with Crippen LogP contribution in [0.5, 0.6) is 0 Å². The summed E-state index contributed by atoms with van der Waals surface area (Å²) in [6, 6.07) is 5.14. The lowest BCUT2D eigenvalue weighted by Crippen LogP contribution is -1.95. The van der Waals surface area contributed by atoms with Crippen molar-refractivity contribution in [2.24, 2.45) is 0 Å². The van der Waals surface area contributed by atoms with E-state index < -0.39 is 0 Å². The standard InChI is InChI=1S/C10H9ClO2/c1-7-2-3-8(9(11)6-7)10(13)4-5-12/h2-6,12H,1H3. The fourth-order valence-electron chi connectivity index (χ4n) is 0.977. The highest BCUT2D eigenvalue weighted by Gasteiger charge is 2.06. The Kier molecular flexibility index (Phi) is 3.09. The molecule has 68 valence electrons. The molecule has 0 aromatic heterocycles. The molecule has 0 aliphatic carbocycles. The van der Waals surface area contributed by atoms with Crippen molar-refractivity contribution in [1.29, 1.82) is 0 Å². The molecule has 0 saturated carbocycles. The molecule has 13 heavy (non-hydrogen) atoms. The number of aliphatic hydroxyl groups is 1. The fourth-order valence-corrected chi connectivity index (χ4v) is 1.31. The second-order valence-corrected chi connectivity index (χ2v) is 3.07. The molecule has 2 nitrogen and oxygen atoms in total. The molecular formula is C10H9ClO2. The van der Waals surface area contributed by atoms with E-state index in [-0.39, 0.29) is 5.78 Å². The number of allylic oxidation sites excluding steroid dienone is 1. The molecule has 1 rings (SSSR count). The third-order valence-electron chi connectivity index (χ3n) is 1.62. The lowest BCUT2D eigenvalue weighted by molar-refractivity contribution is 0.104. The van der Waals surface area contributed by atoms with Crippen molar-refractivity contribution in [2.75, 3.05) is 0 Å². The highest BCUT2D eigenvalue weighted by atomic mass is 35.5. The Labute approximate surface area is 81.5 Å². The van der Waals surface area contributed by atoms with Crippen LogP contribution in [0.1, 0.15) is 15.9 Å². The van der Waals surface area contributed by atoms with Gasteiger partial charge in [-0.05, 0) is 24.6 Å². The van der Waals surface area contributed by atoms with E-state index in [1.807, 2.05) is 6.92 Å². The van der Waals surface area contributed by atoms with Gasteiger partial charge in [0, 0.05) is 11.6 Å². The summed E-state index contributed by atoms with van der Waals surface area (Å²) >= 11 is 5.82. The summed E-state index contributed by atoms with van der Waals surface area (Å²) in [5, 5.41) is 8.80. The Bertz CT molecular complexity index is 356. The van der Waals surface area contributed by atoms with Gasteiger partial charge >= 0.3 is 0 Å². The molecule has 1 N–H and O–H groups in total. The molecule has 0 aliphatic heterocycles. The van der Waals surface area contributed by atoms with Gasteiger partial charge in [-0.1, -0.05) is 17.7 Å². The second-order valence-electron chi connectivity index (χ2n) is 2.66. The van der Waals surface area contributed by atoms with Crippen molar-refractivity contribution in [3.8, 4) is 0 Å². The van der Waals surface area contributed by atoms with Crippen LogP contribution in [0, 0.1) is 6.92 Å². The molecule has 1 aromatic carbocycles. The zero-order chi connectivity index (χ0) is 9.84. The Morgan fingerprint density at radius 1 is 1.54 bits per heavy atom. The van der Waals surface area contributed by atoms with Crippen LogP contribution >= 0.6 is 11.6 Å². The number of ketones is 1. The third kappa shape index (κ3) is 2.33. The van der Waals surface area contributed by atoms with Crippen molar-refractivity contribution in [3.63, 3.8) is 0 Å². The van der Waals surface area contributed by atoms with Crippen LogP contribution in [0.4, 0.5) is 0 Å². The van der Waals surface area contributed by atoms with Gasteiger partial charge in [-0.25, -0.2) is 0 Å². The van der Waals surface area contributed by atoms with Crippen LogP contribution in [0.2, 0.25) is 5.02 Å². The SMILES string of the molecule is Cc1ccc(C(=O)C=CO)c(Cl)c1. The molecule has 0 radical (unpaired) electrons. The van der Waals surface area contributed by atoms with Gasteiger partial charge in [0.15, 0.2) is 5.78 Å². The van der Waals surface area contributed by atoms with Crippen LogP contribution in [-0.4, -0.2) is 10.9 Å². The first-order chi connectivity index (χ1) is 6.15. The minimum absolute atomic E-state index is 0.299. The molecule has 0 amide bonds. The van der Waals surface area contributed by atoms with Crippen LogP contribution in [0.15, 0.2) is 30.5 Å². The Morgan fingerprint density at radius 2 is 2.23 bits per heavy atom. The molecule has 0 aliphatic rings. The van der Waals surface area contributed by atoms with Gasteiger partial charge in [0.05, 0.1) is 11.3 Å². The molecule has 0 atom stereocenters. The van der Waals surface area contributed by atoms with E-state index in [1.165, 1.54) is 0 Å². The van der Waals surface area contributed by atoms with Gasteiger partial charge < -0.3 is 5.11 Å². The molecule has 0 fully saturated rings. The Morgan fingerprint density at radius 3 is 2.77 bits per heavy atom. The van der Waals surface area contributed by atoms with E-state index in [2.05, 4.69) is 0 Å². The van der Waals surface area contributed by atoms with Gasteiger partial charge in [-0.3, -0.25) is 4.79 Å². The zero-order valence-corrected chi connectivity index (χ0v) is 7.88. The van der Waals surface area contributed by atoms with Crippen LogP contribution in [0.25, 0.3) is 0 Å². The molecule has 0 bridgehead atoms. The lowest BCUT2D eigenvalue weighted by atomic mass is 10.1. The Hall–Kier alpha value is -1.28. The first-order valence-electron chi connectivity index (χ1n) is 3.76. The summed E-state index contributed by atoms with van der Waals surface area (Å²) in [6.07, 6.45) is 1.77. The number of carbonyl (C=O) groups excluding carboxylic acids is 1. The van der Waals surface area contributed by atoms with Crippen LogP contribution in [0.3, 0.4) is 0 Å². The predicted octanol–water partition coefficient (Wildman–Crippen LogP) is 2.90. The maximum absolute atomic E-state index is 11.2. The number of aryl methyl sites for hydroxylation is 1. The minimum atomic E-state index is -0.299. The van der Waals surface area contributed by atoms with Crippen LogP contribution in [-0.2, 0) is 0 Å². The third-order valence-corrected chi connectivity index (χ3v) is 1.93. The largest absolute Gasteiger partial charge is 0.515 e. The molecule has 1 aromatic rings. The lowest BCUT2D eigenvalue weighted by Gasteiger charge is -2.00. The average molecular weight is 197 g/mol. The number of hydrogen-bond donors (Lipinski definition) is 1. The number of aliphatic hydroxyl groups excluding tert-OH is 1. The molecular weight excluding hydrogens is 188 g/mol. The van der Waals surface area contributed by atoms with Gasteiger partial charge in [0.2, 0.25) is 0 Å². The minimum Gasteiger partial charge on any atom is -0.515 e. The number of carbonyl (C=O) groups is 1. The normalized spacial score (nSPS) is 10.6. The number of hydrogen-bond acceptors (Lipinski definition) is 2. The van der Waals surface area contributed by atoms with Crippen molar-refractivity contribution in [3.05, 3.63) is 46.7 Å². The van der Waals surface area contributed by atoms with Gasteiger partial charge in [0.25, 0.3) is 0 Å². The number of halogens is 1. The van der Waals surface area contributed by atoms with Crippen molar-refractivity contribution in [2.45, 2.75) is 6.92 Å². The van der Waals surface area contributed by atoms with E-state index in [0.717, 1.165) is 11.6 Å². The van der Waals surface area contributed by atoms with E-state index in [1.54, 1.807) is 18.2 Å². The summed E-state index contributed by atoms with van der Waals surface area (Å²) in [7, 11) is 0. The number of rotatable bonds is 2. The molecule has 0 unspecified atom stereocenters. The van der Waals surface area contributed by atoms with Gasteiger partial charge in [-0.2, -0.15) is 0 Å². The first kappa shape index (κ1) is 9.81. The second kappa shape index (κ2) is 4.10. The van der Waals surface area contributed by atoms with E-state index >= 15 is 0 Å². The molecule has 0 saturated heterocycles. The van der Waals surface area contributed by atoms with Gasteiger partial charge in [0.1, 0.15) is 0 Å². The van der Waals surface area contributed by atoms with Gasteiger partial charge in [-0.15, -0.1) is 0 Å². The van der Waals surface area contributed by atoms with Crippen LogP contribution < -0.4 is 0 Å². The van der Waals surface area contributed by atoms with Crippen molar-refractivity contribution in [1.82, 2.24) is 0 Å². The molecule has 0 spiro atoms. The van der Waals surface area contributed by atoms with E-state index in [9.17, 15) is 4.79 Å². The zero-order valence-electron chi connectivity index (χ0n) is 7.12. The molecule has 3 heteroatoms. The summed E-state index contributed by atoms with van der Waals surface area (Å²) in [5.74, 6) is -0.299. The Balaban J connectivity index is 3.09. The van der Waals surface area contributed by atoms with Crippen molar-refractivity contribution >= 4 is 17.4 Å². The highest BCUT2D eigenvalue weighted by Crippen LogP contribution is 2.18. The first-order valence-corrected chi connectivity index (χ1v) is 4.14. The summed E-state index contributed by atoms with van der Waals surface area (Å²) in [6.45, 7) is 1.89. The average Bonchev–Trinajstić information content (AvgIpc) is 2.04. The van der Waals surface area contributed by atoms with Crippen molar-refractivity contribution < 1.29 is 9.90 Å². The molecule has 0 heterocycles. The maximum atomic E-state index is 11.2. The summed E-state index contributed by atoms with van der Waals surface area (Å²) < 4.78 is 0. The van der Waals surface area contributed by atoms with E-state index in [0.29, 0.717) is 16.8 Å². The highest BCUT2D eigenvalue weighted by molar-refractivity contribution is 6.34. The summed E-state index contributed by atoms with van der Waals surface area (Å²) in [4.78, 5) is 11.2. The topological polar surface area (TPSA) is 37.3 Å². The monoisotopic (exact) mass is 196 g/mol. The smallest absolute Gasteiger partial charge is 0.190 e. The predicted molar refractivity (Wildman–Crippen MR) is 52.3 cm³/mol. The maximum Gasteiger partial charge on any atom is 0.190 e. The fraction of sp³-hybridized carbons (Fsp3) is 0.100. The van der Waals surface area contributed by atoms with E-state index in [4.69, 9.17) is 16.7 Å². The number of benzene rings is 1. The summed E-state index contributed by atoms with van der Waals surface area (Å²) in [5.41, 5.74) is 1.40.